The fourth-order valence-corrected chi connectivity index (χ4v) is 3.97. The molecule has 3 aromatic rings. The molecule has 0 aliphatic carbocycles. The first-order chi connectivity index (χ1) is 13.2. The molecule has 0 saturated heterocycles. The molecule has 0 atom stereocenters. The van der Waals surface area contributed by atoms with Gasteiger partial charge in [0.25, 0.3) is 15.6 Å². The van der Waals surface area contributed by atoms with Crippen LogP contribution in [0, 0.1) is 0 Å². The van der Waals surface area contributed by atoms with Crippen molar-refractivity contribution in [2.45, 2.75) is 11.8 Å². The van der Waals surface area contributed by atoms with Crippen molar-refractivity contribution in [3.8, 4) is 5.75 Å². The molecule has 0 radical (unpaired) electrons. The number of rotatable bonds is 4. The number of halogens is 1. The smallest absolute Gasteiger partial charge is 0.379 e. The van der Waals surface area contributed by atoms with Crippen molar-refractivity contribution in [2.24, 2.45) is 0 Å². The van der Waals surface area contributed by atoms with E-state index in [1.54, 1.807) is 0 Å². The monoisotopic (exact) mass is 424 g/mol. The molecule has 0 unspecified atom stereocenters. The molecule has 0 aliphatic rings. The number of aromatic nitrogens is 2. The standard InChI is InChI=1S/C17H13ClN2O7S/c1-10(21)27-19-15-9-11(18)3-8-14(15)16(22)20(17(19)23)28(24,25)13-6-4-12(26-2)5-7-13/h3-9H,1-2H3. The number of hydrogen-bond acceptors (Lipinski definition) is 7. The molecule has 146 valence electrons. The predicted octanol–water partition coefficient (Wildman–Crippen LogP) is 1.04. The summed E-state index contributed by atoms with van der Waals surface area (Å²) in [6.07, 6.45) is 0. The van der Waals surface area contributed by atoms with Crippen LogP contribution in [-0.2, 0) is 14.8 Å². The Morgan fingerprint density at radius 2 is 1.71 bits per heavy atom. The topological polar surface area (TPSA) is 114 Å². The first-order valence-electron chi connectivity index (χ1n) is 7.72. The Bertz CT molecular complexity index is 1310. The van der Waals surface area contributed by atoms with Crippen LogP contribution in [0.1, 0.15) is 6.92 Å². The number of benzene rings is 2. The van der Waals surface area contributed by atoms with Crippen molar-refractivity contribution < 1.29 is 22.8 Å². The fourth-order valence-electron chi connectivity index (χ4n) is 2.52. The van der Waals surface area contributed by atoms with Crippen LogP contribution >= 0.6 is 11.6 Å². The summed E-state index contributed by atoms with van der Waals surface area (Å²) >= 11 is 5.89. The van der Waals surface area contributed by atoms with Crippen LogP contribution in [-0.4, -0.2) is 30.2 Å². The highest BCUT2D eigenvalue weighted by Gasteiger charge is 2.26. The molecule has 0 aliphatic heterocycles. The maximum Gasteiger partial charge on any atom is 0.379 e. The minimum Gasteiger partial charge on any atom is -0.497 e. The highest BCUT2D eigenvalue weighted by Crippen LogP contribution is 2.19. The molecular weight excluding hydrogens is 412 g/mol. The van der Waals surface area contributed by atoms with Gasteiger partial charge in [-0.1, -0.05) is 11.6 Å². The molecule has 0 bridgehead atoms. The lowest BCUT2D eigenvalue weighted by Crippen LogP contribution is -2.46. The van der Waals surface area contributed by atoms with Crippen LogP contribution in [0.4, 0.5) is 0 Å². The van der Waals surface area contributed by atoms with Gasteiger partial charge in [0, 0.05) is 11.9 Å². The van der Waals surface area contributed by atoms with Crippen molar-refractivity contribution in [3.05, 3.63) is 68.3 Å². The largest absolute Gasteiger partial charge is 0.497 e. The van der Waals surface area contributed by atoms with Gasteiger partial charge in [0.15, 0.2) is 0 Å². The number of carbonyl (C=O) groups is 1. The van der Waals surface area contributed by atoms with Crippen LogP contribution in [0.2, 0.25) is 5.02 Å². The van der Waals surface area contributed by atoms with E-state index in [1.165, 1.54) is 49.6 Å². The number of nitrogens with zero attached hydrogens (tertiary/aromatic N) is 2. The van der Waals surface area contributed by atoms with Gasteiger partial charge in [0.1, 0.15) is 11.3 Å². The first-order valence-corrected chi connectivity index (χ1v) is 9.54. The number of fused-ring (bicyclic) bond motifs is 1. The highest BCUT2D eigenvalue weighted by molar-refractivity contribution is 7.90. The van der Waals surface area contributed by atoms with Crippen molar-refractivity contribution in [1.82, 2.24) is 8.70 Å². The number of methoxy groups -OCH3 is 1. The van der Waals surface area contributed by atoms with Gasteiger partial charge in [-0.15, -0.1) is 8.70 Å². The summed E-state index contributed by atoms with van der Waals surface area (Å²) < 4.78 is 31.4. The molecule has 0 saturated carbocycles. The zero-order valence-electron chi connectivity index (χ0n) is 14.6. The summed E-state index contributed by atoms with van der Waals surface area (Å²) in [5.74, 6) is -0.507. The zero-order chi connectivity index (χ0) is 20.6. The van der Waals surface area contributed by atoms with E-state index in [0.717, 1.165) is 6.92 Å². The Hall–Kier alpha value is -3.11. The van der Waals surface area contributed by atoms with Crippen LogP contribution < -0.4 is 20.8 Å². The van der Waals surface area contributed by atoms with Crippen LogP contribution in [0.15, 0.2) is 56.9 Å². The summed E-state index contributed by atoms with van der Waals surface area (Å²) in [7, 11) is -3.19. The molecule has 0 amide bonds. The van der Waals surface area contributed by atoms with Gasteiger partial charge in [-0.3, -0.25) is 4.79 Å². The van der Waals surface area contributed by atoms with Gasteiger partial charge in [-0.2, -0.15) is 0 Å². The second kappa shape index (κ2) is 7.13. The maximum absolute atomic E-state index is 13.0. The number of carbonyl (C=O) groups excluding carboxylic acids is 1. The van der Waals surface area contributed by atoms with Crippen molar-refractivity contribution in [2.75, 3.05) is 7.11 Å². The second-order valence-electron chi connectivity index (χ2n) is 5.57. The van der Waals surface area contributed by atoms with E-state index in [1.807, 2.05) is 0 Å². The van der Waals surface area contributed by atoms with Crippen LogP contribution in [0.3, 0.4) is 0 Å². The molecule has 2 aromatic carbocycles. The summed E-state index contributed by atoms with van der Waals surface area (Å²) in [6, 6.07) is 8.89. The molecule has 0 fully saturated rings. The van der Waals surface area contributed by atoms with E-state index in [2.05, 4.69) is 0 Å². The molecule has 0 spiro atoms. The number of ether oxygens (including phenoxy) is 1. The summed E-state index contributed by atoms with van der Waals surface area (Å²) in [4.78, 5) is 41.5. The molecule has 28 heavy (non-hydrogen) atoms. The van der Waals surface area contributed by atoms with E-state index in [9.17, 15) is 22.8 Å². The van der Waals surface area contributed by atoms with E-state index < -0.39 is 27.2 Å². The van der Waals surface area contributed by atoms with E-state index in [0.29, 0.717) is 10.5 Å². The summed E-state index contributed by atoms with van der Waals surface area (Å²) in [5.41, 5.74) is -2.61. The summed E-state index contributed by atoms with van der Waals surface area (Å²) in [5, 5.41) is -0.0229. The lowest BCUT2D eigenvalue weighted by atomic mass is 10.2. The van der Waals surface area contributed by atoms with Gasteiger partial charge < -0.3 is 9.57 Å². The van der Waals surface area contributed by atoms with Gasteiger partial charge in [-0.25, -0.2) is 18.0 Å². The Morgan fingerprint density at radius 3 is 2.29 bits per heavy atom. The third kappa shape index (κ3) is 3.27. The van der Waals surface area contributed by atoms with Crippen molar-refractivity contribution in [1.29, 1.82) is 0 Å². The average Bonchev–Trinajstić information content (AvgIpc) is 2.64. The SMILES string of the molecule is COc1ccc(S(=O)(=O)n2c(=O)c3ccc(Cl)cc3n(OC(C)=O)c2=O)cc1. The molecule has 9 nitrogen and oxygen atoms in total. The van der Waals surface area contributed by atoms with E-state index in [4.69, 9.17) is 21.2 Å². The quantitative estimate of drug-likeness (QED) is 0.614. The van der Waals surface area contributed by atoms with Gasteiger partial charge >= 0.3 is 11.7 Å². The molecule has 1 aromatic heterocycles. The molecule has 0 N–H and O–H groups in total. The van der Waals surface area contributed by atoms with Gasteiger partial charge in [0.05, 0.1) is 17.4 Å². The minimum atomic E-state index is -4.59. The first kappa shape index (κ1) is 19.6. The van der Waals surface area contributed by atoms with Gasteiger partial charge in [-0.05, 0) is 42.5 Å². The lowest BCUT2D eigenvalue weighted by Gasteiger charge is -2.13. The lowest BCUT2D eigenvalue weighted by molar-refractivity contribution is -0.141. The average molecular weight is 425 g/mol. The Morgan fingerprint density at radius 1 is 1.07 bits per heavy atom. The zero-order valence-corrected chi connectivity index (χ0v) is 16.2. The fraction of sp³-hybridized carbons (Fsp3) is 0.118. The molecule has 1 heterocycles. The Balaban J connectivity index is 2.40. The molecule has 11 heteroatoms. The Labute approximate surface area is 163 Å². The second-order valence-corrected chi connectivity index (χ2v) is 7.79. The van der Waals surface area contributed by atoms with Crippen LogP contribution in [0.5, 0.6) is 5.75 Å². The van der Waals surface area contributed by atoms with Gasteiger partial charge in [0.2, 0.25) is 0 Å². The van der Waals surface area contributed by atoms with Crippen LogP contribution in [0.25, 0.3) is 10.9 Å². The third-order valence-electron chi connectivity index (χ3n) is 3.76. The maximum atomic E-state index is 13.0. The Kier molecular flexibility index (Phi) is 5.01. The highest BCUT2D eigenvalue weighted by atomic mass is 35.5. The molecular formula is C17H13ClN2O7S. The number of hydrogen-bond donors (Lipinski definition) is 0. The van der Waals surface area contributed by atoms with Crippen molar-refractivity contribution >= 4 is 38.5 Å². The predicted molar refractivity (Wildman–Crippen MR) is 100 cm³/mol. The van der Waals surface area contributed by atoms with E-state index in [-0.39, 0.29) is 24.8 Å². The normalized spacial score (nSPS) is 11.4. The third-order valence-corrected chi connectivity index (χ3v) is 5.66. The minimum absolute atomic E-state index is 0.0357. The summed E-state index contributed by atoms with van der Waals surface area (Å²) in [6.45, 7) is 1.02. The van der Waals surface area contributed by atoms with E-state index >= 15 is 0 Å². The van der Waals surface area contributed by atoms with Crippen molar-refractivity contribution in [3.63, 3.8) is 0 Å². The molecule has 3 rings (SSSR count).